The maximum Gasteiger partial charge on any atom is 0.224 e. The van der Waals surface area contributed by atoms with Gasteiger partial charge in [0.05, 0.1) is 28.0 Å². The average Bonchev–Trinajstić information content (AvgIpc) is 3.21. The highest BCUT2D eigenvalue weighted by atomic mass is 35.5. The lowest BCUT2D eigenvalue weighted by Crippen LogP contribution is -2.41. The summed E-state index contributed by atoms with van der Waals surface area (Å²) in [5.74, 6) is 0.698. The number of amides is 1. The number of aliphatic hydroxyl groups is 1. The summed E-state index contributed by atoms with van der Waals surface area (Å²) in [5.41, 5.74) is 7.37. The number of fused-ring (bicyclic) bond motifs is 1. The SMILES string of the molecule is CC1(C)CC[C@@H](Nc2ncc3nc(Nc4c(Cl)cccc4Cl)n([C@H]4CC[C@H](C(N)=O)CC4)c3n2)C[C@H]1O. The van der Waals surface area contributed by atoms with Crippen LogP contribution in [0.25, 0.3) is 11.2 Å². The van der Waals surface area contributed by atoms with E-state index in [0.717, 1.165) is 25.7 Å². The summed E-state index contributed by atoms with van der Waals surface area (Å²) in [5, 5.41) is 18.3. The van der Waals surface area contributed by atoms with Crippen LogP contribution >= 0.6 is 23.2 Å². The van der Waals surface area contributed by atoms with Crippen molar-refractivity contribution in [2.24, 2.45) is 17.1 Å². The van der Waals surface area contributed by atoms with Crippen LogP contribution in [0, 0.1) is 11.3 Å². The Balaban J connectivity index is 1.49. The molecule has 9 nitrogen and oxygen atoms in total. The van der Waals surface area contributed by atoms with Crippen LogP contribution in [0.4, 0.5) is 17.6 Å². The van der Waals surface area contributed by atoms with E-state index in [1.165, 1.54) is 0 Å². The number of nitrogens with two attached hydrogens (primary N) is 1. The minimum absolute atomic E-state index is 0.0596. The third-order valence-corrected chi connectivity index (χ3v) is 8.61. The first-order valence-corrected chi connectivity index (χ1v) is 13.6. The van der Waals surface area contributed by atoms with Gasteiger partial charge in [-0.3, -0.25) is 9.36 Å². The number of hydrogen-bond acceptors (Lipinski definition) is 7. The third-order valence-electron chi connectivity index (χ3n) is 7.98. The van der Waals surface area contributed by atoms with Crippen molar-refractivity contribution in [3.63, 3.8) is 0 Å². The van der Waals surface area contributed by atoms with E-state index < -0.39 is 0 Å². The number of imidazole rings is 1. The van der Waals surface area contributed by atoms with Gasteiger partial charge >= 0.3 is 0 Å². The number of carbonyl (C=O) groups excluding carboxylic acids is 1. The van der Waals surface area contributed by atoms with Crippen molar-refractivity contribution in [1.82, 2.24) is 19.5 Å². The molecule has 2 aromatic heterocycles. The number of para-hydroxylation sites is 1. The van der Waals surface area contributed by atoms with Crippen molar-refractivity contribution in [2.45, 2.75) is 77.0 Å². The number of carbonyl (C=O) groups is 1. The molecule has 0 saturated heterocycles. The number of rotatable bonds is 6. The van der Waals surface area contributed by atoms with Crippen molar-refractivity contribution in [3.05, 3.63) is 34.4 Å². The quantitative estimate of drug-likeness (QED) is 0.324. The second-order valence-corrected chi connectivity index (χ2v) is 11.8. The Hall–Kier alpha value is -2.62. The number of anilines is 3. The van der Waals surface area contributed by atoms with E-state index in [-0.39, 0.29) is 35.4 Å². The van der Waals surface area contributed by atoms with Gasteiger partial charge in [-0.05, 0) is 62.5 Å². The Kier molecular flexibility index (Phi) is 7.22. The Labute approximate surface area is 226 Å². The molecule has 0 unspecified atom stereocenters. The Bertz CT molecular complexity index is 1280. The Morgan fingerprint density at radius 1 is 1.14 bits per heavy atom. The molecule has 2 fully saturated rings. The highest BCUT2D eigenvalue weighted by Gasteiger charge is 2.35. The number of primary amides is 1. The molecule has 0 radical (unpaired) electrons. The minimum Gasteiger partial charge on any atom is -0.392 e. The van der Waals surface area contributed by atoms with Crippen molar-refractivity contribution >= 4 is 57.9 Å². The lowest BCUT2D eigenvalue weighted by atomic mass is 9.73. The predicted molar refractivity (Wildman–Crippen MR) is 146 cm³/mol. The highest BCUT2D eigenvalue weighted by molar-refractivity contribution is 6.39. The molecule has 2 aliphatic rings. The molecule has 0 aliphatic heterocycles. The van der Waals surface area contributed by atoms with Crippen LogP contribution in [0.1, 0.15) is 64.8 Å². The zero-order valence-electron chi connectivity index (χ0n) is 21.0. The molecule has 3 aromatic rings. The predicted octanol–water partition coefficient (Wildman–Crippen LogP) is 5.44. The Morgan fingerprint density at radius 3 is 2.49 bits per heavy atom. The number of benzene rings is 1. The fourth-order valence-corrected chi connectivity index (χ4v) is 5.97. The van der Waals surface area contributed by atoms with E-state index in [9.17, 15) is 9.90 Å². The molecule has 1 aromatic carbocycles. The lowest BCUT2D eigenvalue weighted by Gasteiger charge is -2.39. The number of nitrogens with zero attached hydrogens (tertiary/aromatic N) is 4. The van der Waals surface area contributed by atoms with Crippen molar-refractivity contribution in [2.75, 3.05) is 10.6 Å². The minimum atomic E-state index is -0.385. The third kappa shape index (κ3) is 5.35. The molecule has 198 valence electrons. The maximum atomic E-state index is 11.8. The van der Waals surface area contributed by atoms with Gasteiger partial charge in [-0.15, -0.1) is 0 Å². The second kappa shape index (κ2) is 10.3. The summed E-state index contributed by atoms with van der Waals surface area (Å²) in [6.07, 6.45) is 6.75. The van der Waals surface area contributed by atoms with E-state index in [1.54, 1.807) is 24.4 Å². The van der Waals surface area contributed by atoms with Gasteiger partial charge in [0.15, 0.2) is 5.65 Å². The monoisotopic (exact) mass is 545 g/mol. The topological polar surface area (TPSA) is 131 Å². The molecular formula is C26H33Cl2N7O2. The summed E-state index contributed by atoms with van der Waals surface area (Å²) in [7, 11) is 0. The summed E-state index contributed by atoms with van der Waals surface area (Å²) >= 11 is 12.9. The number of hydrogen-bond donors (Lipinski definition) is 4. The number of aliphatic hydroxyl groups excluding tert-OH is 1. The first kappa shape index (κ1) is 26.0. The molecule has 0 bridgehead atoms. The van der Waals surface area contributed by atoms with Gasteiger partial charge in [-0.25, -0.2) is 9.97 Å². The Morgan fingerprint density at radius 2 is 1.84 bits per heavy atom. The molecule has 5 rings (SSSR count). The van der Waals surface area contributed by atoms with Gasteiger partial charge in [-0.2, -0.15) is 4.98 Å². The summed E-state index contributed by atoms with van der Waals surface area (Å²) in [6, 6.07) is 5.47. The first-order chi connectivity index (χ1) is 17.6. The number of nitrogens with one attached hydrogen (secondary N) is 2. The van der Waals surface area contributed by atoms with Gasteiger partial charge in [0.1, 0.15) is 5.52 Å². The molecule has 1 amide bonds. The van der Waals surface area contributed by atoms with Crippen LogP contribution in [0.15, 0.2) is 24.4 Å². The maximum absolute atomic E-state index is 11.8. The molecule has 37 heavy (non-hydrogen) atoms. The molecule has 5 N–H and O–H groups in total. The highest BCUT2D eigenvalue weighted by Crippen LogP contribution is 2.40. The molecule has 0 spiro atoms. The van der Waals surface area contributed by atoms with E-state index >= 15 is 0 Å². The van der Waals surface area contributed by atoms with E-state index in [4.69, 9.17) is 38.9 Å². The zero-order chi connectivity index (χ0) is 26.3. The van der Waals surface area contributed by atoms with Gasteiger partial charge in [0.25, 0.3) is 0 Å². The summed E-state index contributed by atoms with van der Waals surface area (Å²) in [4.78, 5) is 25.9. The zero-order valence-corrected chi connectivity index (χ0v) is 22.6. The van der Waals surface area contributed by atoms with Gasteiger partial charge in [0.2, 0.25) is 17.8 Å². The molecule has 2 heterocycles. The van der Waals surface area contributed by atoms with Crippen molar-refractivity contribution in [3.8, 4) is 0 Å². The van der Waals surface area contributed by atoms with Crippen LogP contribution in [0.2, 0.25) is 10.0 Å². The molecule has 11 heteroatoms. The van der Waals surface area contributed by atoms with Crippen LogP contribution in [0.3, 0.4) is 0 Å². The molecule has 2 saturated carbocycles. The second-order valence-electron chi connectivity index (χ2n) is 11.0. The smallest absolute Gasteiger partial charge is 0.224 e. The first-order valence-electron chi connectivity index (χ1n) is 12.8. The normalized spacial score (nSPS) is 25.6. The fourth-order valence-electron chi connectivity index (χ4n) is 5.47. The number of halogens is 2. The van der Waals surface area contributed by atoms with Gasteiger partial charge in [0, 0.05) is 18.0 Å². The van der Waals surface area contributed by atoms with E-state index in [2.05, 4.69) is 34.0 Å². The van der Waals surface area contributed by atoms with E-state index in [1.807, 2.05) is 0 Å². The van der Waals surface area contributed by atoms with Crippen LogP contribution < -0.4 is 16.4 Å². The fraction of sp³-hybridized carbons (Fsp3) is 0.538. The van der Waals surface area contributed by atoms with Crippen LogP contribution in [-0.2, 0) is 4.79 Å². The molecule has 2 aliphatic carbocycles. The molecular weight excluding hydrogens is 513 g/mol. The van der Waals surface area contributed by atoms with Crippen molar-refractivity contribution in [1.29, 1.82) is 0 Å². The standard InChI is InChI=1S/C26H33Cl2N7O2/c1-26(2)11-10-15(12-20(26)36)31-24-30-13-19-23(34-24)35(16-8-6-14(7-9-16)22(29)37)25(32-19)33-21-17(27)4-3-5-18(21)28/h3-5,13-16,20,36H,6-12H2,1-2H3,(H2,29,37)(H,32,33)(H,30,31,34)/t14-,15-,16-,20-/m1/s1. The van der Waals surface area contributed by atoms with Gasteiger partial charge < -0.3 is 21.5 Å². The average molecular weight is 547 g/mol. The van der Waals surface area contributed by atoms with Crippen LogP contribution in [-0.4, -0.2) is 42.7 Å². The van der Waals surface area contributed by atoms with Gasteiger partial charge in [-0.1, -0.05) is 43.1 Å². The largest absolute Gasteiger partial charge is 0.392 e. The summed E-state index contributed by atoms with van der Waals surface area (Å²) < 4.78 is 2.07. The lowest BCUT2D eigenvalue weighted by molar-refractivity contribution is -0.122. The van der Waals surface area contributed by atoms with Crippen LogP contribution in [0.5, 0.6) is 0 Å². The van der Waals surface area contributed by atoms with E-state index in [0.29, 0.717) is 58.1 Å². The molecule has 2 atom stereocenters. The number of aromatic nitrogens is 4. The van der Waals surface area contributed by atoms with Crippen molar-refractivity contribution < 1.29 is 9.90 Å². The summed E-state index contributed by atoms with van der Waals surface area (Å²) in [6.45, 7) is 4.20.